The number of thiophene rings is 1. The molecule has 41 heavy (non-hydrogen) atoms. The molecular formula is C25H21F5N4O5S2. The number of hydrogen-bond acceptors (Lipinski definition) is 7. The second-order valence-corrected chi connectivity index (χ2v) is 11.6. The molecule has 0 N–H and O–H groups in total. The Balaban J connectivity index is 1.85. The van der Waals surface area contributed by atoms with Gasteiger partial charge in [0, 0.05) is 25.0 Å². The highest BCUT2D eigenvalue weighted by Crippen LogP contribution is 2.37. The summed E-state index contributed by atoms with van der Waals surface area (Å²) in [4.78, 5) is 59.8. The first-order chi connectivity index (χ1) is 18.9. The largest absolute Gasteiger partial charge is 0.422 e. The molecule has 0 aliphatic carbocycles. The minimum atomic E-state index is -5.36. The van der Waals surface area contributed by atoms with Gasteiger partial charge >= 0.3 is 17.8 Å². The molecule has 4 aromatic rings. The van der Waals surface area contributed by atoms with E-state index in [1.165, 1.54) is 44.8 Å². The Morgan fingerprint density at radius 1 is 1.00 bits per heavy atom. The number of nitrogens with zero attached hydrogens (tertiary/aromatic N) is 4. The zero-order valence-electron chi connectivity index (χ0n) is 22.1. The SMILES string of the molecule is Cn1c(=O)c2c(CC(=O)N=c3scc(-c4ccc(F)c(C(F)(F)F)c4F)n3OC(=O)C(C)(C)C)csc2n(C)c1=O. The number of halogens is 5. The van der Waals surface area contributed by atoms with Gasteiger partial charge in [0.15, 0.2) is 0 Å². The fourth-order valence-corrected chi connectivity index (χ4v) is 5.59. The van der Waals surface area contributed by atoms with Gasteiger partial charge in [-0.05, 0) is 43.8 Å². The van der Waals surface area contributed by atoms with E-state index in [0.29, 0.717) is 27.0 Å². The molecule has 9 nitrogen and oxygen atoms in total. The number of fused-ring (bicyclic) bond motifs is 1. The highest BCUT2D eigenvalue weighted by atomic mass is 32.1. The fraction of sp³-hybridized carbons (Fsp3) is 0.320. The number of thiazole rings is 1. The third kappa shape index (κ3) is 5.53. The van der Waals surface area contributed by atoms with Gasteiger partial charge in [0.25, 0.3) is 11.5 Å². The highest BCUT2D eigenvalue weighted by Gasteiger charge is 2.39. The molecular weight excluding hydrogens is 595 g/mol. The Hall–Kier alpha value is -3.92. The summed E-state index contributed by atoms with van der Waals surface area (Å²) in [6.07, 6.45) is -5.78. The van der Waals surface area contributed by atoms with Crippen molar-refractivity contribution in [2.45, 2.75) is 33.4 Å². The fourth-order valence-electron chi connectivity index (χ4n) is 3.73. The molecule has 16 heteroatoms. The lowest BCUT2D eigenvalue weighted by Gasteiger charge is -2.18. The monoisotopic (exact) mass is 616 g/mol. The lowest BCUT2D eigenvalue weighted by atomic mass is 9.98. The van der Waals surface area contributed by atoms with E-state index in [-0.39, 0.29) is 15.8 Å². The summed E-state index contributed by atoms with van der Waals surface area (Å²) in [5.74, 6) is -5.51. The van der Waals surface area contributed by atoms with Gasteiger partial charge in [-0.1, -0.05) is 0 Å². The second kappa shape index (κ2) is 10.5. The van der Waals surface area contributed by atoms with Gasteiger partial charge in [-0.2, -0.15) is 18.2 Å². The van der Waals surface area contributed by atoms with Gasteiger partial charge in [-0.15, -0.1) is 27.4 Å². The first-order valence-corrected chi connectivity index (χ1v) is 13.4. The molecule has 0 bridgehead atoms. The number of alkyl halides is 3. The maximum atomic E-state index is 15.0. The zero-order valence-corrected chi connectivity index (χ0v) is 23.7. The second-order valence-electron chi connectivity index (χ2n) is 9.94. The number of rotatable bonds is 4. The van der Waals surface area contributed by atoms with Gasteiger partial charge in [-0.25, -0.2) is 18.4 Å². The van der Waals surface area contributed by atoms with Crippen LogP contribution in [-0.2, 0) is 36.3 Å². The molecule has 3 aromatic heterocycles. The molecule has 4 rings (SSSR count). The van der Waals surface area contributed by atoms with E-state index in [1.807, 2.05) is 0 Å². The van der Waals surface area contributed by atoms with Crippen molar-refractivity contribution >= 4 is 44.8 Å². The Morgan fingerprint density at radius 3 is 2.27 bits per heavy atom. The van der Waals surface area contributed by atoms with Crippen LogP contribution in [0.4, 0.5) is 22.0 Å². The molecule has 0 unspecified atom stereocenters. The van der Waals surface area contributed by atoms with Gasteiger partial charge < -0.3 is 4.84 Å². The van der Waals surface area contributed by atoms with Crippen LogP contribution in [0.15, 0.2) is 37.5 Å². The van der Waals surface area contributed by atoms with Crippen LogP contribution in [0, 0.1) is 17.0 Å². The molecule has 0 saturated heterocycles. The summed E-state index contributed by atoms with van der Waals surface area (Å²) in [5.41, 5.74) is -5.34. The van der Waals surface area contributed by atoms with E-state index in [4.69, 9.17) is 4.84 Å². The van der Waals surface area contributed by atoms with Crippen molar-refractivity contribution in [1.82, 2.24) is 13.9 Å². The number of carbonyl (C=O) groups is 2. The highest BCUT2D eigenvalue weighted by molar-refractivity contribution is 7.17. The van der Waals surface area contributed by atoms with E-state index in [2.05, 4.69) is 4.99 Å². The number of benzene rings is 1. The van der Waals surface area contributed by atoms with Crippen molar-refractivity contribution in [3.63, 3.8) is 0 Å². The number of aromatic nitrogens is 3. The smallest absolute Gasteiger partial charge is 0.333 e. The van der Waals surface area contributed by atoms with Crippen LogP contribution in [0.1, 0.15) is 31.9 Å². The summed E-state index contributed by atoms with van der Waals surface area (Å²) in [6, 6.07) is 1.17. The average Bonchev–Trinajstić information content (AvgIpc) is 3.44. The molecule has 0 fully saturated rings. The third-order valence-electron chi connectivity index (χ3n) is 5.91. The van der Waals surface area contributed by atoms with Gasteiger partial charge in [0.1, 0.15) is 27.7 Å². The van der Waals surface area contributed by atoms with Gasteiger partial charge in [0.2, 0.25) is 4.80 Å². The summed E-state index contributed by atoms with van der Waals surface area (Å²) < 4.78 is 71.8. The van der Waals surface area contributed by atoms with Crippen molar-refractivity contribution in [2.75, 3.05) is 0 Å². The maximum Gasteiger partial charge on any atom is 0.422 e. The number of hydrogen-bond donors (Lipinski definition) is 0. The van der Waals surface area contributed by atoms with E-state index in [0.717, 1.165) is 27.4 Å². The number of aryl methyl sites for hydroxylation is 1. The lowest BCUT2D eigenvalue weighted by Crippen LogP contribution is -2.37. The predicted octanol–water partition coefficient (Wildman–Crippen LogP) is 3.80. The van der Waals surface area contributed by atoms with Crippen molar-refractivity contribution < 1.29 is 36.4 Å². The summed E-state index contributed by atoms with van der Waals surface area (Å²) >= 11 is 1.72. The maximum absolute atomic E-state index is 15.0. The van der Waals surface area contributed by atoms with Crippen molar-refractivity contribution in [2.24, 2.45) is 24.5 Å². The normalized spacial score (nSPS) is 12.8. The first-order valence-electron chi connectivity index (χ1n) is 11.7. The minimum absolute atomic E-state index is 0.134. The Kier molecular flexibility index (Phi) is 7.68. The van der Waals surface area contributed by atoms with Gasteiger partial charge in [-0.3, -0.25) is 18.7 Å². The molecule has 0 aliphatic rings. The van der Waals surface area contributed by atoms with Crippen LogP contribution in [0.25, 0.3) is 21.5 Å². The van der Waals surface area contributed by atoms with Crippen LogP contribution in [-0.4, -0.2) is 25.7 Å². The molecule has 0 aliphatic heterocycles. The van der Waals surface area contributed by atoms with Crippen molar-refractivity contribution in [1.29, 1.82) is 0 Å². The van der Waals surface area contributed by atoms with E-state index < -0.39 is 69.6 Å². The standard InChI is InChI=1S/C25H21F5N4O5S2/c1-24(2,3)21(37)39-34-14(12-6-7-13(26)17(18(12)27)25(28,29)30)10-41-22(34)31-15(35)8-11-9-40-20-16(11)19(36)32(4)23(38)33(20)5/h6-7,9-10H,8H2,1-5H3. The topological polar surface area (TPSA) is 105 Å². The number of amides is 1. The van der Waals surface area contributed by atoms with Crippen LogP contribution >= 0.6 is 22.7 Å². The Bertz CT molecular complexity index is 1900. The Morgan fingerprint density at radius 2 is 1.66 bits per heavy atom. The van der Waals surface area contributed by atoms with E-state index in [9.17, 15) is 36.7 Å². The van der Waals surface area contributed by atoms with Crippen LogP contribution < -0.4 is 20.9 Å². The molecule has 218 valence electrons. The van der Waals surface area contributed by atoms with E-state index >= 15 is 4.39 Å². The molecule has 0 spiro atoms. The molecule has 1 aromatic carbocycles. The quantitative estimate of drug-likeness (QED) is 0.325. The summed E-state index contributed by atoms with van der Waals surface area (Å²) in [6.45, 7) is 4.46. The number of carbonyl (C=O) groups excluding carboxylic acids is 2. The lowest BCUT2D eigenvalue weighted by molar-refractivity contribution is -0.153. The molecule has 3 heterocycles. The summed E-state index contributed by atoms with van der Waals surface area (Å²) in [7, 11) is 2.76. The minimum Gasteiger partial charge on any atom is -0.333 e. The predicted molar refractivity (Wildman–Crippen MR) is 140 cm³/mol. The average molecular weight is 617 g/mol. The van der Waals surface area contributed by atoms with E-state index in [1.54, 1.807) is 0 Å². The van der Waals surface area contributed by atoms with Crippen molar-refractivity contribution in [3.8, 4) is 11.3 Å². The molecule has 0 radical (unpaired) electrons. The van der Waals surface area contributed by atoms with Gasteiger partial charge in [0.05, 0.1) is 17.2 Å². The molecule has 1 amide bonds. The third-order valence-corrected chi connectivity index (χ3v) is 7.83. The van der Waals surface area contributed by atoms with Crippen LogP contribution in [0.3, 0.4) is 0 Å². The van der Waals surface area contributed by atoms with Crippen LogP contribution in [0.2, 0.25) is 0 Å². The first kappa shape index (κ1) is 30.0. The Labute approximate surface area is 235 Å². The summed E-state index contributed by atoms with van der Waals surface area (Å²) in [5, 5.41) is 2.75. The zero-order chi connectivity index (χ0) is 30.6. The van der Waals surface area contributed by atoms with Crippen LogP contribution in [0.5, 0.6) is 0 Å². The molecule has 0 saturated carbocycles. The van der Waals surface area contributed by atoms with Crippen molar-refractivity contribution in [3.05, 3.63) is 71.3 Å². The molecule has 0 atom stereocenters.